The molecule has 100 valence electrons. The van der Waals surface area contributed by atoms with Gasteiger partial charge in [0, 0.05) is 19.2 Å². The van der Waals surface area contributed by atoms with Crippen LogP contribution in [0.5, 0.6) is 5.75 Å². The fourth-order valence-electron chi connectivity index (χ4n) is 1.67. The van der Waals surface area contributed by atoms with Crippen LogP contribution in [-0.2, 0) is 6.54 Å². The number of aromatic nitrogens is 2. The summed E-state index contributed by atoms with van der Waals surface area (Å²) < 4.78 is 7.47. The number of benzene rings is 1. The van der Waals surface area contributed by atoms with Crippen molar-refractivity contribution in [1.29, 1.82) is 0 Å². The van der Waals surface area contributed by atoms with E-state index in [0.717, 1.165) is 18.5 Å². The van der Waals surface area contributed by atoms with E-state index in [1.807, 2.05) is 24.3 Å². The van der Waals surface area contributed by atoms with Crippen LogP contribution in [0.1, 0.15) is 12.0 Å². The van der Waals surface area contributed by atoms with Crippen molar-refractivity contribution in [3.63, 3.8) is 0 Å². The number of hydrogen-bond donors (Lipinski definition) is 1. The molecule has 4 nitrogen and oxygen atoms in total. The molecule has 0 radical (unpaired) electrons. The van der Waals surface area contributed by atoms with E-state index in [0.29, 0.717) is 22.4 Å². The molecule has 2 rings (SSSR count). The molecule has 1 heterocycles. The van der Waals surface area contributed by atoms with Gasteiger partial charge in [-0.05, 0) is 12.1 Å². The highest BCUT2D eigenvalue weighted by Gasteiger charge is 2.05. The van der Waals surface area contributed by atoms with Crippen LogP contribution in [0.25, 0.3) is 0 Å². The van der Waals surface area contributed by atoms with E-state index in [1.54, 1.807) is 17.1 Å². The number of hydrogen-bond acceptors (Lipinski definition) is 3. The Bertz CT molecular complexity index is 571. The lowest BCUT2D eigenvalue weighted by Gasteiger charge is -2.10. The zero-order valence-electron chi connectivity index (χ0n) is 10.3. The number of halogens is 1. The van der Waals surface area contributed by atoms with E-state index >= 15 is 0 Å². The molecule has 0 atom stereocenters. The summed E-state index contributed by atoms with van der Waals surface area (Å²) in [4.78, 5) is 0.342. The van der Waals surface area contributed by atoms with Gasteiger partial charge in [-0.25, -0.2) is 0 Å². The average molecular weight is 296 g/mol. The lowest BCUT2D eigenvalue weighted by Crippen LogP contribution is -2.12. The molecule has 1 aromatic heterocycles. The number of nitrogens with zero attached hydrogens (tertiary/aromatic N) is 2. The molecular weight excluding hydrogens is 282 g/mol. The van der Waals surface area contributed by atoms with Crippen molar-refractivity contribution in [2.24, 2.45) is 5.73 Å². The maximum atomic E-state index is 5.78. The fourth-order valence-corrected chi connectivity index (χ4v) is 1.99. The summed E-state index contributed by atoms with van der Waals surface area (Å²) in [6, 6.07) is 7.49. The average Bonchev–Trinajstić information content (AvgIpc) is 2.81. The van der Waals surface area contributed by atoms with Crippen molar-refractivity contribution < 1.29 is 4.74 Å². The van der Waals surface area contributed by atoms with Crippen molar-refractivity contribution in [3.8, 4) is 5.75 Å². The van der Waals surface area contributed by atoms with E-state index in [4.69, 9.17) is 34.3 Å². The molecule has 0 spiro atoms. The van der Waals surface area contributed by atoms with E-state index in [2.05, 4.69) is 5.10 Å². The number of rotatable bonds is 6. The maximum absolute atomic E-state index is 5.78. The third-order valence-corrected chi connectivity index (χ3v) is 2.96. The van der Waals surface area contributed by atoms with Crippen LogP contribution < -0.4 is 10.5 Å². The number of thiocarbonyl (C=S) groups is 1. The minimum absolute atomic E-state index is 0.342. The van der Waals surface area contributed by atoms with Crippen LogP contribution in [0.15, 0.2) is 36.7 Å². The van der Waals surface area contributed by atoms with Crippen LogP contribution in [0, 0.1) is 0 Å². The number of nitrogens with two attached hydrogens (primary N) is 1. The largest absolute Gasteiger partial charge is 0.493 e. The Morgan fingerprint density at radius 1 is 1.42 bits per heavy atom. The van der Waals surface area contributed by atoms with Gasteiger partial charge in [-0.15, -0.1) is 0 Å². The second-order valence-electron chi connectivity index (χ2n) is 3.98. The van der Waals surface area contributed by atoms with Gasteiger partial charge in [-0.1, -0.05) is 36.0 Å². The first-order valence-corrected chi connectivity index (χ1v) is 6.65. The van der Waals surface area contributed by atoms with Crippen LogP contribution in [0.3, 0.4) is 0 Å². The van der Waals surface area contributed by atoms with Crippen molar-refractivity contribution in [2.45, 2.75) is 13.0 Å². The molecule has 0 aliphatic heterocycles. The van der Waals surface area contributed by atoms with Crippen LogP contribution in [0.4, 0.5) is 0 Å². The zero-order chi connectivity index (χ0) is 13.7. The summed E-state index contributed by atoms with van der Waals surface area (Å²) in [5, 5.41) is 4.73. The first kappa shape index (κ1) is 13.8. The standard InChI is InChI=1S/C13H14ClN3OS/c14-10-8-16-17(9-10)6-3-7-18-12-5-2-1-4-11(12)13(15)19/h1-2,4-5,8-9H,3,6-7H2,(H2,15,19). The first-order chi connectivity index (χ1) is 9.16. The van der Waals surface area contributed by atoms with Crippen LogP contribution in [-0.4, -0.2) is 21.4 Å². The summed E-state index contributed by atoms with van der Waals surface area (Å²) in [6.45, 7) is 1.32. The van der Waals surface area contributed by atoms with Gasteiger partial charge in [0.25, 0.3) is 0 Å². The van der Waals surface area contributed by atoms with Crippen LogP contribution >= 0.6 is 23.8 Å². The summed E-state index contributed by atoms with van der Waals surface area (Å²) >= 11 is 10.8. The summed E-state index contributed by atoms with van der Waals surface area (Å²) in [6.07, 6.45) is 4.22. The summed E-state index contributed by atoms with van der Waals surface area (Å²) in [5.41, 5.74) is 6.40. The molecular formula is C13H14ClN3OS. The van der Waals surface area contributed by atoms with E-state index in [9.17, 15) is 0 Å². The number of ether oxygens (including phenoxy) is 1. The van der Waals surface area contributed by atoms with E-state index in [-0.39, 0.29) is 0 Å². The Morgan fingerprint density at radius 2 is 2.21 bits per heavy atom. The van der Waals surface area contributed by atoms with Crippen molar-refractivity contribution in [1.82, 2.24) is 9.78 Å². The third-order valence-electron chi connectivity index (χ3n) is 2.54. The first-order valence-electron chi connectivity index (χ1n) is 5.86. The third kappa shape index (κ3) is 3.94. The Balaban J connectivity index is 1.84. The molecule has 0 amide bonds. The molecule has 0 aliphatic rings. The quantitative estimate of drug-likeness (QED) is 0.657. The lowest BCUT2D eigenvalue weighted by molar-refractivity contribution is 0.298. The summed E-state index contributed by atoms with van der Waals surface area (Å²) in [7, 11) is 0. The van der Waals surface area contributed by atoms with Gasteiger partial charge in [0.15, 0.2) is 0 Å². The van der Waals surface area contributed by atoms with Crippen molar-refractivity contribution in [2.75, 3.05) is 6.61 Å². The molecule has 2 N–H and O–H groups in total. The lowest BCUT2D eigenvalue weighted by atomic mass is 10.2. The second-order valence-corrected chi connectivity index (χ2v) is 4.86. The van der Waals surface area contributed by atoms with Crippen molar-refractivity contribution in [3.05, 3.63) is 47.2 Å². The molecule has 6 heteroatoms. The minimum Gasteiger partial charge on any atom is -0.493 e. The highest BCUT2D eigenvalue weighted by atomic mass is 35.5. The molecule has 0 saturated carbocycles. The molecule has 1 aromatic carbocycles. The second kappa shape index (κ2) is 6.54. The van der Waals surface area contributed by atoms with Crippen molar-refractivity contribution >= 4 is 28.8 Å². The number of para-hydroxylation sites is 1. The van der Waals surface area contributed by atoms with Gasteiger partial charge in [0.2, 0.25) is 0 Å². The fraction of sp³-hybridized carbons (Fsp3) is 0.231. The SMILES string of the molecule is NC(=S)c1ccccc1OCCCn1cc(Cl)cn1. The van der Waals surface area contributed by atoms with Gasteiger partial charge in [-0.2, -0.15) is 5.10 Å². The molecule has 0 unspecified atom stereocenters. The molecule has 0 aliphatic carbocycles. The highest BCUT2D eigenvalue weighted by Crippen LogP contribution is 2.17. The smallest absolute Gasteiger partial charge is 0.129 e. The van der Waals surface area contributed by atoms with Crippen LogP contribution in [0.2, 0.25) is 5.02 Å². The molecule has 2 aromatic rings. The minimum atomic E-state index is 0.342. The van der Waals surface area contributed by atoms with Gasteiger partial charge in [0.1, 0.15) is 10.7 Å². The molecule has 0 fully saturated rings. The van der Waals surface area contributed by atoms with E-state index in [1.165, 1.54) is 0 Å². The van der Waals surface area contributed by atoms with E-state index < -0.39 is 0 Å². The van der Waals surface area contributed by atoms with Gasteiger partial charge < -0.3 is 10.5 Å². The predicted molar refractivity (Wildman–Crippen MR) is 79.7 cm³/mol. The molecule has 0 saturated heterocycles. The predicted octanol–water partition coefficient (Wildman–Crippen LogP) is 2.64. The normalized spacial score (nSPS) is 10.4. The highest BCUT2D eigenvalue weighted by molar-refractivity contribution is 7.80. The maximum Gasteiger partial charge on any atom is 0.129 e. The monoisotopic (exact) mass is 295 g/mol. The zero-order valence-corrected chi connectivity index (χ0v) is 11.8. The Labute approximate surface area is 122 Å². The van der Waals surface area contributed by atoms with Gasteiger partial charge in [0.05, 0.1) is 23.4 Å². The van der Waals surface area contributed by atoms with Gasteiger partial charge >= 0.3 is 0 Å². The Kier molecular flexibility index (Phi) is 4.76. The molecule has 19 heavy (non-hydrogen) atoms. The molecule has 0 bridgehead atoms. The van der Waals surface area contributed by atoms with Gasteiger partial charge in [-0.3, -0.25) is 4.68 Å². The Morgan fingerprint density at radius 3 is 2.89 bits per heavy atom. The topological polar surface area (TPSA) is 53.1 Å². The summed E-state index contributed by atoms with van der Waals surface area (Å²) in [5.74, 6) is 0.716. The number of aryl methyl sites for hydroxylation is 1. The Hall–Kier alpha value is -1.59.